The smallest absolute Gasteiger partial charge is 0.321 e. The molecule has 9 heteroatoms. The molecule has 0 saturated carbocycles. The molecule has 0 aliphatic carbocycles. The zero-order chi connectivity index (χ0) is 19.3. The third kappa shape index (κ3) is 4.41. The normalized spacial score (nSPS) is 13.2. The van der Waals surface area contributed by atoms with Crippen molar-refractivity contribution in [2.24, 2.45) is 0 Å². The van der Waals surface area contributed by atoms with Crippen molar-refractivity contribution in [3.8, 4) is 0 Å². The highest BCUT2D eigenvalue weighted by atomic mass is 32.2. The average Bonchev–Trinajstić information content (AvgIpc) is 2.61. The second-order valence-electron chi connectivity index (χ2n) is 5.72. The number of carbonyl (C=O) groups is 2. The molecular formula is C17H22N4O4S. The molecule has 2 aromatic rings. The number of methoxy groups -OCH3 is 1. The summed E-state index contributed by atoms with van der Waals surface area (Å²) in [5, 5.41) is 4.83. The number of amides is 3. The summed E-state index contributed by atoms with van der Waals surface area (Å²) in [5.74, 6) is -0.470. The van der Waals surface area contributed by atoms with Crippen LogP contribution in [-0.4, -0.2) is 47.5 Å². The minimum Gasteiger partial charge on any atom is -0.383 e. The molecule has 140 valence electrons. The minimum atomic E-state index is -0.624. The predicted octanol–water partition coefficient (Wildman–Crippen LogP) is 1.54. The molecule has 2 atom stereocenters. The van der Waals surface area contributed by atoms with Gasteiger partial charge in [0.1, 0.15) is 0 Å². The SMILES string of the molecule is CNC(=O)NC(=O)C(C)Sc1nc2ccccc2c(=O)n1C(C)COC. The Labute approximate surface area is 155 Å². The van der Waals surface area contributed by atoms with Gasteiger partial charge in [0.05, 0.1) is 28.8 Å². The van der Waals surface area contributed by atoms with E-state index in [1.54, 1.807) is 38.3 Å². The number of imide groups is 1. The van der Waals surface area contributed by atoms with Gasteiger partial charge in [0.2, 0.25) is 5.91 Å². The maximum absolute atomic E-state index is 12.9. The molecule has 0 radical (unpaired) electrons. The molecular weight excluding hydrogens is 356 g/mol. The van der Waals surface area contributed by atoms with Gasteiger partial charge in [-0.15, -0.1) is 0 Å². The highest BCUT2D eigenvalue weighted by Gasteiger charge is 2.22. The number of hydrogen-bond donors (Lipinski definition) is 2. The first-order valence-electron chi connectivity index (χ1n) is 8.08. The number of rotatable bonds is 6. The quantitative estimate of drug-likeness (QED) is 0.584. The second-order valence-corrected chi connectivity index (χ2v) is 7.03. The number of thioether (sulfide) groups is 1. The number of nitrogens with one attached hydrogen (secondary N) is 2. The lowest BCUT2D eigenvalue weighted by atomic mass is 10.2. The van der Waals surface area contributed by atoms with Crippen LogP contribution in [0.2, 0.25) is 0 Å². The van der Waals surface area contributed by atoms with Gasteiger partial charge in [-0.05, 0) is 26.0 Å². The molecule has 26 heavy (non-hydrogen) atoms. The third-order valence-electron chi connectivity index (χ3n) is 3.74. The van der Waals surface area contributed by atoms with Crippen LogP contribution in [0.25, 0.3) is 10.9 Å². The van der Waals surface area contributed by atoms with Gasteiger partial charge in [-0.2, -0.15) is 0 Å². The zero-order valence-electron chi connectivity index (χ0n) is 15.1. The number of hydrogen-bond acceptors (Lipinski definition) is 6. The van der Waals surface area contributed by atoms with E-state index in [2.05, 4.69) is 15.6 Å². The molecule has 0 aliphatic heterocycles. The van der Waals surface area contributed by atoms with Crippen molar-refractivity contribution in [3.63, 3.8) is 0 Å². The first kappa shape index (κ1) is 19.9. The number of urea groups is 1. The van der Waals surface area contributed by atoms with Crippen molar-refractivity contribution >= 4 is 34.6 Å². The molecule has 0 spiro atoms. The van der Waals surface area contributed by atoms with E-state index in [0.29, 0.717) is 22.7 Å². The summed E-state index contributed by atoms with van der Waals surface area (Å²) in [6.45, 7) is 3.82. The summed E-state index contributed by atoms with van der Waals surface area (Å²) in [4.78, 5) is 40.9. The van der Waals surface area contributed by atoms with Crippen molar-refractivity contribution in [3.05, 3.63) is 34.6 Å². The molecule has 1 heterocycles. The Morgan fingerprint density at radius 1 is 1.31 bits per heavy atom. The molecule has 1 aromatic heterocycles. The van der Waals surface area contributed by atoms with Crippen LogP contribution in [0.5, 0.6) is 0 Å². The van der Waals surface area contributed by atoms with E-state index in [4.69, 9.17) is 4.74 Å². The Balaban J connectivity index is 2.44. The van der Waals surface area contributed by atoms with Crippen molar-refractivity contribution in [1.29, 1.82) is 0 Å². The maximum atomic E-state index is 12.9. The average molecular weight is 378 g/mol. The fourth-order valence-electron chi connectivity index (χ4n) is 2.40. The van der Waals surface area contributed by atoms with E-state index >= 15 is 0 Å². The van der Waals surface area contributed by atoms with E-state index in [-0.39, 0.29) is 11.6 Å². The van der Waals surface area contributed by atoms with E-state index < -0.39 is 17.2 Å². The molecule has 8 nitrogen and oxygen atoms in total. The molecule has 0 fully saturated rings. The lowest BCUT2D eigenvalue weighted by molar-refractivity contribution is -0.119. The van der Waals surface area contributed by atoms with Gasteiger partial charge in [-0.25, -0.2) is 9.78 Å². The maximum Gasteiger partial charge on any atom is 0.321 e. The van der Waals surface area contributed by atoms with E-state index in [1.165, 1.54) is 11.6 Å². The van der Waals surface area contributed by atoms with Crippen LogP contribution in [-0.2, 0) is 9.53 Å². The predicted molar refractivity (Wildman–Crippen MR) is 101 cm³/mol. The molecule has 0 aliphatic rings. The molecule has 0 bridgehead atoms. The second kappa shape index (κ2) is 8.81. The lowest BCUT2D eigenvalue weighted by Crippen LogP contribution is -2.41. The van der Waals surface area contributed by atoms with Gasteiger partial charge < -0.3 is 10.1 Å². The monoisotopic (exact) mass is 378 g/mol. The summed E-state index contributed by atoms with van der Waals surface area (Å²) >= 11 is 1.12. The molecule has 1 aromatic carbocycles. The van der Waals surface area contributed by atoms with Gasteiger partial charge in [0.25, 0.3) is 5.56 Å². The molecule has 2 unspecified atom stereocenters. The van der Waals surface area contributed by atoms with E-state index in [0.717, 1.165) is 11.8 Å². The number of para-hydroxylation sites is 1. The van der Waals surface area contributed by atoms with Crippen molar-refractivity contribution < 1.29 is 14.3 Å². The zero-order valence-corrected chi connectivity index (χ0v) is 15.9. The highest BCUT2D eigenvalue weighted by Crippen LogP contribution is 2.25. The van der Waals surface area contributed by atoms with Crippen molar-refractivity contribution in [2.75, 3.05) is 20.8 Å². The molecule has 2 N–H and O–H groups in total. The van der Waals surface area contributed by atoms with Crippen molar-refractivity contribution in [1.82, 2.24) is 20.2 Å². The fourth-order valence-corrected chi connectivity index (χ4v) is 3.41. The number of carbonyl (C=O) groups excluding carboxylic acids is 2. The summed E-state index contributed by atoms with van der Waals surface area (Å²) in [5.41, 5.74) is 0.362. The van der Waals surface area contributed by atoms with Gasteiger partial charge in [-0.1, -0.05) is 23.9 Å². The van der Waals surface area contributed by atoms with Crippen LogP contribution in [0, 0.1) is 0 Å². The van der Waals surface area contributed by atoms with Crippen LogP contribution in [0.3, 0.4) is 0 Å². The van der Waals surface area contributed by atoms with E-state index in [9.17, 15) is 14.4 Å². The standard InChI is InChI=1S/C17H22N4O4S/c1-10(9-25-4)21-15(23)12-7-5-6-8-13(12)19-17(21)26-11(2)14(22)20-16(24)18-3/h5-8,10-11H,9H2,1-4H3,(H2,18,20,22,24). The Hall–Kier alpha value is -2.39. The Morgan fingerprint density at radius 3 is 2.65 bits per heavy atom. The Kier molecular flexibility index (Phi) is 6.76. The Bertz CT molecular complexity index is 867. The van der Waals surface area contributed by atoms with Gasteiger partial charge in [0.15, 0.2) is 5.16 Å². The number of nitrogens with zero attached hydrogens (tertiary/aromatic N) is 2. The fraction of sp³-hybridized carbons (Fsp3) is 0.412. The topological polar surface area (TPSA) is 102 Å². The summed E-state index contributed by atoms with van der Waals surface area (Å²) in [7, 11) is 2.98. The number of benzene rings is 1. The first-order valence-corrected chi connectivity index (χ1v) is 8.96. The molecule has 2 rings (SSSR count). The van der Waals surface area contributed by atoms with Gasteiger partial charge in [0, 0.05) is 14.2 Å². The highest BCUT2D eigenvalue weighted by molar-refractivity contribution is 8.00. The third-order valence-corrected chi connectivity index (χ3v) is 4.81. The number of ether oxygens (including phenoxy) is 1. The first-order chi connectivity index (χ1) is 12.4. The van der Waals surface area contributed by atoms with Crippen LogP contribution in [0.1, 0.15) is 19.9 Å². The summed E-state index contributed by atoms with van der Waals surface area (Å²) < 4.78 is 6.70. The number of fused-ring (bicyclic) bond motifs is 1. The van der Waals surface area contributed by atoms with Crippen LogP contribution >= 0.6 is 11.8 Å². The van der Waals surface area contributed by atoms with Crippen molar-refractivity contribution in [2.45, 2.75) is 30.3 Å². The van der Waals surface area contributed by atoms with Crippen LogP contribution in [0.15, 0.2) is 34.2 Å². The van der Waals surface area contributed by atoms with Gasteiger partial charge in [-0.3, -0.25) is 19.5 Å². The Morgan fingerprint density at radius 2 is 2.00 bits per heavy atom. The largest absolute Gasteiger partial charge is 0.383 e. The molecule has 0 saturated heterocycles. The van der Waals surface area contributed by atoms with Crippen LogP contribution < -0.4 is 16.2 Å². The molecule has 3 amide bonds. The minimum absolute atomic E-state index is 0.193. The number of aromatic nitrogens is 2. The lowest BCUT2D eigenvalue weighted by Gasteiger charge is -2.20. The van der Waals surface area contributed by atoms with Crippen LogP contribution in [0.4, 0.5) is 4.79 Å². The van der Waals surface area contributed by atoms with E-state index in [1.807, 2.05) is 6.92 Å². The van der Waals surface area contributed by atoms with Gasteiger partial charge >= 0.3 is 6.03 Å². The summed E-state index contributed by atoms with van der Waals surface area (Å²) in [6, 6.07) is 6.20. The summed E-state index contributed by atoms with van der Waals surface area (Å²) in [6.07, 6.45) is 0.